The van der Waals surface area contributed by atoms with Gasteiger partial charge < -0.3 is 24.0 Å². The molecule has 0 N–H and O–H groups in total. The van der Waals surface area contributed by atoms with Crippen LogP contribution in [-0.4, -0.2) is 85.0 Å². The molecule has 8 heteroatoms. The minimum absolute atomic E-state index is 0.140. The van der Waals surface area contributed by atoms with Gasteiger partial charge in [-0.05, 0) is 55.4 Å². The van der Waals surface area contributed by atoms with Gasteiger partial charge in [-0.1, -0.05) is 6.08 Å². The van der Waals surface area contributed by atoms with E-state index < -0.39 is 0 Å². The molecule has 3 aliphatic rings. The average molecular weight is 469 g/mol. The van der Waals surface area contributed by atoms with E-state index in [1.54, 1.807) is 6.92 Å². The molecule has 2 aromatic rings. The van der Waals surface area contributed by atoms with Crippen LogP contribution in [0.25, 0.3) is 11.2 Å². The van der Waals surface area contributed by atoms with E-state index in [4.69, 9.17) is 14.2 Å². The van der Waals surface area contributed by atoms with Gasteiger partial charge in [0.15, 0.2) is 0 Å². The Morgan fingerprint density at radius 3 is 2.50 bits per heavy atom. The van der Waals surface area contributed by atoms with E-state index in [0.717, 1.165) is 76.4 Å². The first-order valence-corrected chi connectivity index (χ1v) is 12.7. The fraction of sp³-hybridized carbons (Fsp3) is 0.615. The molecule has 0 bridgehead atoms. The normalized spacial score (nSPS) is 20.7. The monoisotopic (exact) mass is 468 g/mol. The molecule has 0 aromatic carbocycles. The van der Waals surface area contributed by atoms with Crippen molar-refractivity contribution in [3.63, 3.8) is 0 Å². The minimum Gasteiger partial charge on any atom is -0.381 e. The van der Waals surface area contributed by atoms with Gasteiger partial charge in [0.05, 0.1) is 31.6 Å². The van der Waals surface area contributed by atoms with Crippen molar-refractivity contribution in [3.05, 3.63) is 36.2 Å². The second-order valence-corrected chi connectivity index (χ2v) is 9.44. The summed E-state index contributed by atoms with van der Waals surface area (Å²) < 4.78 is 19.6. The van der Waals surface area contributed by atoms with Crippen LogP contribution in [0.4, 0.5) is 5.82 Å². The Labute approximate surface area is 201 Å². The van der Waals surface area contributed by atoms with Crippen LogP contribution in [0.1, 0.15) is 44.6 Å². The zero-order valence-electron chi connectivity index (χ0n) is 20.2. The summed E-state index contributed by atoms with van der Waals surface area (Å²) in [4.78, 5) is 20.5. The smallest absolute Gasteiger partial charge is 0.219 e. The first-order chi connectivity index (χ1) is 16.7. The van der Waals surface area contributed by atoms with E-state index in [1.165, 1.54) is 11.1 Å². The number of hydrogen-bond donors (Lipinski definition) is 0. The van der Waals surface area contributed by atoms with Crippen LogP contribution >= 0.6 is 0 Å². The zero-order valence-corrected chi connectivity index (χ0v) is 20.2. The number of hydrogen-bond acceptors (Lipinski definition) is 6. The third-order valence-corrected chi connectivity index (χ3v) is 7.24. The Balaban J connectivity index is 1.12. The van der Waals surface area contributed by atoms with Gasteiger partial charge in [0.1, 0.15) is 11.5 Å². The molecule has 184 valence electrons. The lowest BCUT2D eigenvalue weighted by Gasteiger charge is -2.33. The standard InChI is InChI=1S/C26H36N4O4/c1-20(31)28-9-2-21(3-10-28)22-4-13-30-25(18-22)27-19-26(30)29-11-5-23(6-12-29)33-16-17-34-24-7-14-32-15-8-24/h2,4,13,18-19,23-24H,3,5-12,14-17H2,1H3. The molecule has 2 aromatic heterocycles. The van der Waals surface area contributed by atoms with Crippen LogP contribution in [0.5, 0.6) is 0 Å². The molecule has 0 unspecified atom stereocenters. The van der Waals surface area contributed by atoms with Crippen LogP contribution < -0.4 is 4.90 Å². The number of carbonyl (C=O) groups excluding carboxylic acids is 1. The maximum atomic E-state index is 11.6. The largest absolute Gasteiger partial charge is 0.381 e. The van der Waals surface area contributed by atoms with Gasteiger partial charge in [-0.3, -0.25) is 9.20 Å². The average Bonchev–Trinajstić information content (AvgIpc) is 3.31. The highest BCUT2D eigenvalue weighted by molar-refractivity contribution is 5.76. The number of imidazole rings is 1. The van der Waals surface area contributed by atoms with E-state index in [-0.39, 0.29) is 5.91 Å². The highest BCUT2D eigenvalue weighted by atomic mass is 16.5. The maximum Gasteiger partial charge on any atom is 0.219 e. The fourth-order valence-corrected chi connectivity index (χ4v) is 5.14. The summed E-state index contributed by atoms with van der Waals surface area (Å²) >= 11 is 0. The second kappa shape index (κ2) is 10.9. The first-order valence-electron chi connectivity index (χ1n) is 12.7. The van der Waals surface area contributed by atoms with E-state index in [1.807, 2.05) is 11.1 Å². The van der Waals surface area contributed by atoms with Crippen LogP contribution in [0, 0.1) is 0 Å². The van der Waals surface area contributed by atoms with Crippen molar-refractivity contribution in [1.82, 2.24) is 14.3 Å². The molecule has 0 radical (unpaired) electrons. The molecule has 2 saturated heterocycles. The van der Waals surface area contributed by atoms with Crippen molar-refractivity contribution in [2.45, 2.75) is 51.2 Å². The summed E-state index contributed by atoms with van der Waals surface area (Å²) in [6.45, 7) is 8.00. The summed E-state index contributed by atoms with van der Waals surface area (Å²) in [6, 6.07) is 4.33. The van der Waals surface area contributed by atoms with Crippen LogP contribution in [0.2, 0.25) is 0 Å². The zero-order chi connectivity index (χ0) is 23.3. The van der Waals surface area contributed by atoms with E-state index in [2.05, 4.69) is 38.7 Å². The predicted octanol–water partition coefficient (Wildman–Crippen LogP) is 3.15. The van der Waals surface area contributed by atoms with Gasteiger partial charge in [-0.25, -0.2) is 4.98 Å². The summed E-state index contributed by atoms with van der Waals surface area (Å²) in [5, 5.41) is 0. The molecule has 5 rings (SSSR count). The quantitative estimate of drug-likeness (QED) is 0.582. The molecule has 0 aliphatic carbocycles. The van der Waals surface area contributed by atoms with Crippen molar-refractivity contribution in [3.8, 4) is 0 Å². The third-order valence-electron chi connectivity index (χ3n) is 7.24. The number of aromatic nitrogens is 2. The number of anilines is 1. The summed E-state index contributed by atoms with van der Waals surface area (Å²) in [7, 11) is 0. The lowest BCUT2D eigenvalue weighted by atomic mass is 10.0. The molecule has 5 heterocycles. The highest BCUT2D eigenvalue weighted by Gasteiger charge is 2.23. The summed E-state index contributed by atoms with van der Waals surface area (Å²) in [5.41, 5.74) is 3.46. The number of carbonyl (C=O) groups is 1. The van der Waals surface area contributed by atoms with E-state index in [0.29, 0.717) is 32.0 Å². The number of ether oxygens (including phenoxy) is 3. The lowest BCUT2D eigenvalue weighted by Crippen LogP contribution is -2.38. The summed E-state index contributed by atoms with van der Waals surface area (Å²) in [6.07, 6.45) is 11.8. The number of fused-ring (bicyclic) bond motifs is 1. The molecule has 0 spiro atoms. The van der Waals surface area contributed by atoms with Gasteiger partial charge in [0.25, 0.3) is 0 Å². The number of nitrogens with zero attached hydrogens (tertiary/aromatic N) is 4. The van der Waals surface area contributed by atoms with Crippen LogP contribution in [-0.2, 0) is 19.0 Å². The Kier molecular flexibility index (Phi) is 7.47. The SMILES string of the molecule is CC(=O)N1CC=C(c2ccn3c(N4CCC(OCCOC5CCOCC5)CC4)cnc3c2)CC1. The van der Waals surface area contributed by atoms with Crippen molar-refractivity contribution in [1.29, 1.82) is 0 Å². The molecule has 2 fully saturated rings. The Hall–Kier alpha value is -2.42. The lowest BCUT2D eigenvalue weighted by molar-refractivity contribution is -0.128. The Bertz CT molecular complexity index is 1010. The number of amides is 1. The molecular formula is C26H36N4O4. The number of piperidine rings is 1. The van der Waals surface area contributed by atoms with Crippen molar-refractivity contribution >= 4 is 22.9 Å². The van der Waals surface area contributed by atoms with Gasteiger partial charge in [0.2, 0.25) is 5.91 Å². The third kappa shape index (κ3) is 5.45. The van der Waals surface area contributed by atoms with E-state index >= 15 is 0 Å². The fourth-order valence-electron chi connectivity index (χ4n) is 5.14. The van der Waals surface area contributed by atoms with Gasteiger partial charge >= 0.3 is 0 Å². The second-order valence-electron chi connectivity index (χ2n) is 9.44. The van der Waals surface area contributed by atoms with Crippen molar-refractivity contribution < 1.29 is 19.0 Å². The molecule has 34 heavy (non-hydrogen) atoms. The predicted molar refractivity (Wildman–Crippen MR) is 131 cm³/mol. The Morgan fingerprint density at radius 2 is 1.82 bits per heavy atom. The molecule has 3 aliphatic heterocycles. The molecule has 8 nitrogen and oxygen atoms in total. The molecule has 1 amide bonds. The highest BCUT2D eigenvalue weighted by Crippen LogP contribution is 2.27. The number of pyridine rings is 1. The molecular weight excluding hydrogens is 432 g/mol. The van der Waals surface area contributed by atoms with Crippen molar-refractivity contribution in [2.24, 2.45) is 0 Å². The molecule has 0 atom stereocenters. The van der Waals surface area contributed by atoms with Crippen molar-refractivity contribution in [2.75, 3.05) is 57.5 Å². The van der Waals surface area contributed by atoms with Gasteiger partial charge in [0, 0.05) is 52.5 Å². The topological polar surface area (TPSA) is 68.5 Å². The van der Waals surface area contributed by atoms with Gasteiger partial charge in [-0.2, -0.15) is 0 Å². The molecule has 0 saturated carbocycles. The first kappa shape index (κ1) is 23.3. The Morgan fingerprint density at radius 1 is 1.09 bits per heavy atom. The van der Waals surface area contributed by atoms with Gasteiger partial charge in [-0.15, -0.1) is 0 Å². The summed E-state index contributed by atoms with van der Waals surface area (Å²) in [5.74, 6) is 1.28. The van der Waals surface area contributed by atoms with E-state index in [9.17, 15) is 4.79 Å². The number of rotatable bonds is 7. The maximum absolute atomic E-state index is 11.6. The minimum atomic E-state index is 0.140. The van der Waals surface area contributed by atoms with Crippen LogP contribution in [0.15, 0.2) is 30.6 Å². The van der Waals surface area contributed by atoms with Crippen LogP contribution in [0.3, 0.4) is 0 Å².